The monoisotopic (exact) mass is 381 g/mol. The van der Waals surface area contributed by atoms with E-state index >= 15 is 0 Å². The molecule has 7 nitrogen and oxygen atoms in total. The van der Waals surface area contributed by atoms with E-state index in [9.17, 15) is 4.79 Å². The van der Waals surface area contributed by atoms with Crippen LogP contribution in [0.2, 0.25) is 0 Å². The third-order valence-electron chi connectivity index (χ3n) is 4.05. The molecule has 2 aromatic heterocycles. The fraction of sp³-hybridized carbons (Fsp3) is 0.158. The van der Waals surface area contributed by atoms with E-state index in [1.54, 1.807) is 32.4 Å². The highest BCUT2D eigenvalue weighted by molar-refractivity contribution is 7.21. The van der Waals surface area contributed by atoms with Crippen molar-refractivity contribution >= 4 is 27.3 Å². The predicted octanol–water partition coefficient (Wildman–Crippen LogP) is 4.23. The first-order valence-electron chi connectivity index (χ1n) is 8.07. The van der Waals surface area contributed by atoms with Gasteiger partial charge < -0.3 is 14.0 Å². The number of nitrogens with zero attached hydrogens (tertiary/aromatic N) is 3. The number of hydrogen-bond acceptors (Lipinski definition) is 8. The topological polar surface area (TPSA) is 87.3 Å². The predicted molar refractivity (Wildman–Crippen MR) is 101 cm³/mol. The number of carbonyl (C=O) groups excluding carboxylic acids is 1. The molecule has 0 spiro atoms. The third-order valence-corrected chi connectivity index (χ3v) is 5.05. The van der Waals surface area contributed by atoms with Crippen LogP contribution in [0.5, 0.6) is 11.5 Å². The summed E-state index contributed by atoms with van der Waals surface area (Å²) in [4.78, 5) is 20.5. The van der Waals surface area contributed by atoms with Crippen LogP contribution in [0.25, 0.3) is 32.5 Å². The van der Waals surface area contributed by atoms with Crippen molar-refractivity contribution < 1.29 is 18.8 Å². The van der Waals surface area contributed by atoms with Crippen molar-refractivity contribution in [3.8, 4) is 33.8 Å². The van der Waals surface area contributed by atoms with Crippen LogP contribution in [0.3, 0.4) is 0 Å². The molecule has 0 radical (unpaired) electrons. The summed E-state index contributed by atoms with van der Waals surface area (Å²) >= 11 is 1.40. The largest absolute Gasteiger partial charge is 0.493 e. The molecule has 0 N–H and O–H groups in total. The minimum Gasteiger partial charge on any atom is -0.493 e. The average molecular weight is 381 g/mol. The molecule has 0 saturated carbocycles. The third kappa shape index (κ3) is 3.15. The summed E-state index contributed by atoms with van der Waals surface area (Å²) in [7, 11) is 3.15. The lowest BCUT2D eigenvalue weighted by Crippen LogP contribution is -1.91. The van der Waals surface area contributed by atoms with E-state index in [1.807, 2.05) is 18.2 Å². The van der Waals surface area contributed by atoms with Crippen molar-refractivity contribution in [1.29, 1.82) is 0 Å². The summed E-state index contributed by atoms with van der Waals surface area (Å²) in [5, 5.41) is 4.64. The van der Waals surface area contributed by atoms with Gasteiger partial charge in [0.2, 0.25) is 5.82 Å². The number of hydrogen-bond donors (Lipinski definition) is 0. The second kappa shape index (κ2) is 6.81. The van der Waals surface area contributed by atoms with Crippen LogP contribution in [0.4, 0.5) is 0 Å². The van der Waals surface area contributed by atoms with E-state index in [0.717, 1.165) is 15.8 Å². The van der Waals surface area contributed by atoms with Gasteiger partial charge in [0.25, 0.3) is 5.89 Å². The first kappa shape index (κ1) is 17.2. The number of ketones is 1. The van der Waals surface area contributed by atoms with E-state index in [4.69, 9.17) is 14.0 Å². The summed E-state index contributed by atoms with van der Waals surface area (Å²) < 4.78 is 16.8. The van der Waals surface area contributed by atoms with Crippen LogP contribution >= 0.6 is 11.3 Å². The zero-order valence-electron chi connectivity index (χ0n) is 14.8. The van der Waals surface area contributed by atoms with Gasteiger partial charge in [0.15, 0.2) is 22.3 Å². The molecular formula is C19H15N3O4S. The first-order valence-corrected chi connectivity index (χ1v) is 8.88. The Balaban J connectivity index is 1.70. The molecule has 0 bridgehead atoms. The normalized spacial score (nSPS) is 10.9. The van der Waals surface area contributed by atoms with E-state index in [-0.39, 0.29) is 5.78 Å². The first-order chi connectivity index (χ1) is 13.1. The van der Waals surface area contributed by atoms with Gasteiger partial charge in [-0.05, 0) is 43.3 Å². The molecular weight excluding hydrogens is 366 g/mol. The number of fused-ring (bicyclic) bond motifs is 1. The molecule has 0 unspecified atom stereocenters. The van der Waals surface area contributed by atoms with E-state index in [2.05, 4.69) is 15.1 Å². The molecule has 2 heterocycles. The average Bonchev–Trinajstić information content (AvgIpc) is 3.33. The summed E-state index contributed by atoms with van der Waals surface area (Å²) in [6, 6.07) is 10.8. The number of rotatable bonds is 5. The number of benzene rings is 2. The fourth-order valence-electron chi connectivity index (χ4n) is 2.64. The van der Waals surface area contributed by atoms with Gasteiger partial charge in [0.05, 0.1) is 24.4 Å². The van der Waals surface area contributed by atoms with Crippen molar-refractivity contribution in [1.82, 2.24) is 15.1 Å². The summed E-state index contributed by atoms with van der Waals surface area (Å²) in [6.07, 6.45) is 0. The highest BCUT2D eigenvalue weighted by atomic mass is 32.1. The minimum absolute atomic E-state index is 0.0142. The molecule has 0 saturated heterocycles. The Morgan fingerprint density at radius 1 is 1.04 bits per heavy atom. The van der Waals surface area contributed by atoms with Gasteiger partial charge in [-0.15, -0.1) is 11.3 Å². The van der Waals surface area contributed by atoms with Gasteiger partial charge in [-0.2, -0.15) is 4.98 Å². The van der Waals surface area contributed by atoms with Crippen molar-refractivity contribution in [2.24, 2.45) is 0 Å². The summed E-state index contributed by atoms with van der Waals surface area (Å²) in [5.41, 5.74) is 2.17. The lowest BCUT2D eigenvalue weighted by molar-refractivity contribution is 0.101. The molecule has 2 aromatic carbocycles. The molecule has 0 aliphatic heterocycles. The standard InChI is InChI=1S/C19H15N3O4S/c1-10(23)11-4-6-13-16(9-11)27-19(20-13)18-21-17(22-26-18)12-5-7-14(24-2)15(8-12)25-3/h4-9H,1-3H3. The van der Waals surface area contributed by atoms with E-state index in [1.165, 1.54) is 18.3 Å². The maximum Gasteiger partial charge on any atom is 0.287 e. The Bertz CT molecular complexity index is 1150. The molecule has 0 aliphatic carbocycles. The zero-order chi connectivity index (χ0) is 19.0. The van der Waals surface area contributed by atoms with Gasteiger partial charge in [0, 0.05) is 11.1 Å². The fourth-order valence-corrected chi connectivity index (χ4v) is 3.56. The van der Waals surface area contributed by atoms with Crippen LogP contribution in [-0.2, 0) is 0 Å². The highest BCUT2D eigenvalue weighted by Crippen LogP contribution is 2.34. The van der Waals surface area contributed by atoms with Crippen LogP contribution in [0.1, 0.15) is 17.3 Å². The number of methoxy groups -OCH3 is 2. The minimum atomic E-state index is 0.0142. The molecule has 8 heteroatoms. The van der Waals surface area contributed by atoms with Crippen molar-refractivity contribution in [2.75, 3.05) is 14.2 Å². The molecule has 0 fully saturated rings. The highest BCUT2D eigenvalue weighted by Gasteiger charge is 2.17. The lowest BCUT2D eigenvalue weighted by Gasteiger charge is -2.07. The lowest BCUT2D eigenvalue weighted by atomic mass is 10.1. The summed E-state index contributed by atoms with van der Waals surface area (Å²) in [6.45, 7) is 1.54. The molecule has 4 aromatic rings. The Morgan fingerprint density at radius 2 is 1.85 bits per heavy atom. The van der Waals surface area contributed by atoms with Crippen LogP contribution in [0, 0.1) is 0 Å². The molecule has 4 rings (SSSR count). The van der Waals surface area contributed by atoms with Gasteiger partial charge >= 0.3 is 0 Å². The molecule has 0 aliphatic rings. The quantitative estimate of drug-likeness (QED) is 0.478. The van der Waals surface area contributed by atoms with Crippen LogP contribution in [0.15, 0.2) is 40.9 Å². The van der Waals surface area contributed by atoms with Crippen LogP contribution < -0.4 is 9.47 Å². The maximum absolute atomic E-state index is 11.5. The van der Waals surface area contributed by atoms with Crippen LogP contribution in [-0.4, -0.2) is 35.1 Å². The smallest absolute Gasteiger partial charge is 0.287 e. The van der Waals surface area contributed by atoms with Gasteiger partial charge in [-0.3, -0.25) is 4.79 Å². The van der Waals surface area contributed by atoms with E-state index < -0.39 is 0 Å². The number of aromatic nitrogens is 3. The SMILES string of the molecule is COc1ccc(-c2noc(-c3nc4ccc(C(C)=O)cc4s3)n2)cc1OC. The molecule has 0 atom stereocenters. The Labute approximate surface area is 158 Å². The number of ether oxygens (including phenoxy) is 2. The summed E-state index contributed by atoms with van der Waals surface area (Å²) in [5.74, 6) is 1.97. The van der Waals surface area contributed by atoms with Gasteiger partial charge in [-0.25, -0.2) is 4.98 Å². The number of carbonyl (C=O) groups is 1. The number of thiazole rings is 1. The molecule has 0 amide bonds. The van der Waals surface area contributed by atoms with E-state index in [0.29, 0.717) is 33.8 Å². The Kier molecular flexibility index (Phi) is 4.33. The van der Waals surface area contributed by atoms with Crippen molar-refractivity contribution in [2.45, 2.75) is 6.92 Å². The molecule has 136 valence electrons. The van der Waals surface area contributed by atoms with Crippen molar-refractivity contribution in [3.05, 3.63) is 42.0 Å². The second-order valence-electron chi connectivity index (χ2n) is 5.75. The maximum atomic E-state index is 11.5. The van der Waals surface area contributed by atoms with Crippen molar-refractivity contribution in [3.63, 3.8) is 0 Å². The number of Topliss-reactive ketones (excluding diaryl/α,β-unsaturated/α-hetero) is 1. The molecule has 27 heavy (non-hydrogen) atoms. The Hall–Kier alpha value is -3.26. The van der Waals surface area contributed by atoms with Gasteiger partial charge in [0.1, 0.15) is 0 Å². The second-order valence-corrected chi connectivity index (χ2v) is 6.78. The zero-order valence-corrected chi connectivity index (χ0v) is 15.7. The Morgan fingerprint density at radius 3 is 2.59 bits per heavy atom. The van der Waals surface area contributed by atoms with Gasteiger partial charge in [-0.1, -0.05) is 5.16 Å².